The van der Waals surface area contributed by atoms with Crippen LogP contribution in [0.15, 0.2) is 24.3 Å². The Morgan fingerprint density at radius 2 is 1.57 bits per heavy atom. The molecule has 21 heavy (non-hydrogen) atoms. The fourth-order valence-corrected chi connectivity index (χ4v) is 2.52. The quantitative estimate of drug-likeness (QED) is 0.589. The summed E-state index contributed by atoms with van der Waals surface area (Å²) in [6.07, 6.45) is 0. The first-order valence-corrected chi connectivity index (χ1v) is 7.25. The van der Waals surface area contributed by atoms with E-state index >= 15 is 0 Å². The van der Waals surface area contributed by atoms with Crippen LogP contribution in [0.1, 0.15) is 21.5 Å². The molecular formula is C15H13Cl3N2O. The van der Waals surface area contributed by atoms with Crippen LogP contribution in [0.25, 0.3) is 0 Å². The molecule has 0 fully saturated rings. The molecule has 1 amide bonds. The lowest BCUT2D eigenvalue weighted by Gasteiger charge is -2.12. The van der Waals surface area contributed by atoms with E-state index in [0.29, 0.717) is 32.0 Å². The first-order valence-electron chi connectivity index (χ1n) is 6.12. The zero-order valence-corrected chi connectivity index (χ0v) is 13.7. The number of carbonyl (C=O) groups excluding carboxylic acids is 1. The molecule has 3 nitrogen and oxygen atoms in total. The molecule has 0 radical (unpaired) electrons. The second-order valence-electron chi connectivity index (χ2n) is 4.72. The summed E-state index contributed by atoms with van der Waals surface area (Å²) < 4.78 is 0. The fraction of sp³-hybridized carbons (Fsp3) is 0.133. The van der Waals surface area contributed by atoms with Crippen molar-refractivity contribution in [2.45, 2.75) is 13.8 Å². The Morgan fingerprint density at radius 3 is 2.24 bits per heavy atom. The average Bonchev–Trinajstić information content (AvgIpc) is 2.40. The van der Waals surface area contributed by atoms with Gasteiger partial charge in [-0.05, 0) is 43.2 Å². The molecule has 0 saturated carbocycles. The normalized spacial score (nSPS) is 10.5. The van der Waals surface area contributed by atoms with Crippen LogP contribution in [-0.4, -0.2) is 5.91 Å². The van der Waals surface area contributed by atoms with Gasteiger partial charge in [-0.25, -0.2) is 0 Å². The van der Waals surface area contributed by atoms with Gasteiger partial charge in [0, 0.05) is 11.3 Å². The molecule has 2 rings (SSSR count). The molecule has 0 unspecified atom stereocenters. The molecular weight excluding hydrogens is 331 g/mol. The Morgan fingerprint density at radius 1 is 0.952 bits per heavy atom. The molecule has 0 aromatic heterocycles. The average molecular weight is 344 g/mol. The third kappa shape index (κ3) is 3.43. The fourth-order valence-electron chi connectivity index (χ4n) is 1.92. The lowest BCUT2D eigenvalue weighted by atomic mass is 10.0. The van der Waals surface area contributed by atoms with Crippen molar-refractivity contribution in [3.63, 3.8) is 0 Å². The summed E-state index contributed by atoms with van der Waals surface area (Å²) in [6.45, 7) is 3.73. The highest BCUT2D eigenvalue weighted by Gasteiger charge is 2.14. The number of rotatable bonds is 2. The summed E-state index contributed by atoms with van der Waals surface area (Å²) >= 11 is 17.8. The van der Waals surface area contributed by atoms with Crippen molar-refractivity contribution in [2.75, 3.05) is 11.1 Å². The van der Waals surface area contributed by atoms with Gasteiger partial charge >= 0.3 is 0 Å². The van der Waals surface area contributed by atoms with Crippen molar-refractivity contribution in [2.24, 2.45) is 0 Å². The second-order valence-corrected chi connectivity index (χ2v) is 5.95. The highest BCUT2D eigenvalue weighted by atomic mass is 35.5. The molecule has 0 atom stereocenters. The number of halogens is 3. The van der Waals surface area contributed by atoms with E-state index in [1.54, 1.807) is 6.07 Å². The SMILES string of the molecule is Cc1cc(C)c(C(=O)Nc2cc(Cl)c(Cl)cc2Cl)cc1N. The van der Waals surface area contributed by atoms with Gasteiger partial charge in [0.25, 0.3) is 5.91 Å². The first kappa shape index (κ1) is 16.0. The number of aryl methyl sites for hydroxylation is 2. The number of nitrogen functional groups attached to an aromatic ring is 1. The molecule has 0 aliphatic rings. The highest BCUT2D eigenvalue weighted by molar-refractivity contribution is 6.44. The molecule has 3 N–H and O–H groups in total. The van der Waals surface area contributed by atoms with Crippen LogP contribution in [0.2, 0.25) is 15.1 Å². The van der Waals surface area contributed by atoms with Crippen molar-refractivity contribution in [1.29, 1.82) is 0 Å². The van der Waals surface area contributed by atoms with Crippen molar-refractivity contribution < 1.29 is 4.79 Å². The lowest BCUT2D eigenvalue weighted by Crippen LogP contribution is -2.14. The van der Waals surface area contributed by atoms with Gasteiger partial charge in [-0.15, -0.1) is 0 Å². The third-order valence-electron chi connectivity index (χ3n) is 3.12. The standard InChI is InChI=1S/C15H13Cl3N2O/c1-7-3-8(2)13(19)4-9(7)15(21)20-14-6-11(17)10(16)5-12(14)18/h3-6H,19H2,1-2H3,(H,20,21). The maximum Gasteiger partial charge on any atom is 0.256 e. The molecule has 0 heterocycles. The molecule has 2 aromatic carbocycles. The van der Waals surface area contributed by atoms with Gasteiger partial charge in [0.2, 0.25) is 0 Å². The number of hydrogen-bond acceptors (Lipinski definition) is 2. The minimum absolute atomic E-state index is 0.306. The summed E-state index contributed by atoms with van der Waals surface area (Å²) in [5.74, 6) is -0.306. The number of carbonyl (C=O) groups is 1. The van der Waals surface area contributed by atoms with Crippen LogP contribution in [0, 0.1) is 13.8 Å². The molecule has 0 saturated heterocycles. The van der Waals surface area contributed by atoms with Gasteiger partial charge in [-0.3, -0.25) is 4.79 Å². The van der Waals surface area contributed by atoms with Crippen LogP contribution in [-0.2, 0) is 0 Å². The van der Waals surface area contributed by atoms with Gasteiger partial charge in [-0.1, -0.05) is 40.9 Å². The number of nitrogens with two attached hydrogens (primary N) is 1. The maximum atomic E-state index is 12.3. The van der Waals surface area contributed by atoms with Crippen molar-refractivity contribution in [3.8, 4) is 0 Å². The predicted molar refractivity (Wildman–Crippen MR) is 89.8 cm³/mol. The Balaban J connectivity index is 2.35. The van der Waals surface area contributed by atoms with Gasteiger partial charge in [0.05, 0.1) is 20.8 Å². The van der Waals surface area contributed by atoms with Gasteiger partial charge in [0.15, 0.2) is 0 Å². The van der Waals surface area contributed by atoms with E-state index in [2.05, 4.69) is 5.32 Å². The first-order chi connectivity index (χ1) is 9.79. The minimum Gasteiger partial charge on any atom is -0.398 e. The zero-order valence-electron chi connectivity index (χ0n) is 11.4. The number of benzene rings is 2. The van der Waals surface area contributed by atoms with Crippen LogP contribution in [0.4, 0.5) is 11.4 Å². The van der Waals surface area contributed by atoms with E-state index in [9.17, 15) is 4.79 Å². The topological polar surface area (TPSA) is 55.1 Å². The van der Waals surface area contributed by atoms with Crippen LogP contribution >= 0.6 is 34.8 Å². The monoisotopic (exact) mass is 342 g/mol. The molecule has 6 heteroatoms. The summed E-state index contributed by atoms with van der Waals surface area (Å²) in [5, 5.41) is 3.67. The van der Waals surface area contributed by atoms with E-state index in [1.807, 2.05) is 19.9 Å². The molecule has 110 valence electrons. The van der Waals surface area contributed by atoms with Gasteiger partial charge in [-0.2, -0.15) is 0 Å². The number of nitrogens with one attached hydrogen (secondary N) is 1. The maximum absolute atomic E-state index is 12.3. The number of amides is 1. The predicted octanol–water partition coefficient (Wildman–Crippen LogP) is 5.10. The third-order valence-corrected chi connectivity index (χ3v) is 4.15. The minimum atomic E-state index is -0.306. The van der Waals surface area contributed by atoms with Crippen LogP contribution < -0.4 is 11.1 Å². The Labute approximate surface area is 138 Å². The van der Waals surface area contributed by atoms with Crippen LogP contribution in [0.3, 0.4) is 0 Å². The highest BCUT2D eigenvalue weighted by Crippen LogP contribution is 2.32. The Hall–Kier alpha value is -1.42. The van der Waals surface area contributed by atoms with E-state index < -0.39 is 0 Å². The summed E-state index contributed by atoms with van der Waals surface area (Å²) in [7, 11) is 0. The molecule has 2 aromatic rings. The summed E-state index contributed by atoms with van der Waals surface area (Å²) in [6, 6.07) is 6.50. The largest absolute Gasteiger partial charge is 0.398 e. The lowest BCUT2D eigenvalue weighted by molar-refractivity contribution is 0.102. The van der Waals surface area contributed by atoms with Crippen molar-refractivity contribution in [3.05, 3.63) is 56.0 Å². The summed E-state index contributed by atoms with van der Waals surface area (Å²) in [5.41, 5.74) is 9.05. The van der Waals surface area contributed by atoms with Gasteiger partial charge in [0.1, 0.15) is 0 Å². The number of hydrogen-bond donors (Lipinski definition) is 2. The molecule has 0 bridgehead atoms. The second kappa shape index (κ2) is 6.14. The zero-order chi connectivity index (χ0) is 15.7. The van der Waals surface area contributed by atoms with Crippen molar-refractivity contribution >= 4 is 52.1 Å². The van der Waals surface area contributed by atoms with Crippen molar-refractivity contribution in [1.82, 2.24) is 0 Å². The Bertz CT molecular complexity index is 729. The van der Waals surface area contributed by atoms with E-state index in [1.165, 1.54) is 12.1 Å². The summed E-state index contributed by atoms with van der Waals surface area (Å²) in [4.78, 5) is 12.3. The smallest absolute Gasteiger partial charge is 0.256 e. The molecule has 0 aliphatic carbocycles. The molecule has 0 aliphatic heterocycles. The van der Waals surface area contributed by atoms with Gasteiger partial charge < -0.3 is 11.1 Å². The van der Waals surface area contributed by atoms with E-state index in [0.717, 1.165) is 11.1 Å². The van der Waals surface area contributed by atoms with E-state index in [4.69, 9.17) is 40.5 Å². The van der Waals surface area contributed by atoms with E-state index in [-0.39, 0.29) is 5.91 Å². The molecule has 0 spiro atoms. The Kier molecular flexibility index (Phi) is 4.67. The number of anilines is 2. The van der Waals surface area contributed by atoms with Crippen LogP contribution in [0.5, 0.6) is 0 Å².